The predicted octanol–water partition coefficient (Wildman–Crippen LogP) is 4.14. The quantitative estimate of drug-likeness (QED) is 0.791. The van der Waals surface area contributed by atoms with Crippen LogP contribution >= 0.6 is 15.9 Å². The van der Waals surface area contributed by atoms with Crippen LogP contribution in [0.4, 0.5) is 11.5 Å². The Labute approximate surface area is 167 Å². The van der Waals surface area contributed by atoms with Crippen molar-refractivity contribution in [1.82, 2.24) is 9.78 Å². The number of carbonyl (C=O) groups excluding carboxylic acids is 2. The monoisotopic (exact) mass is 430 g/mol. The summed E-state index contributed by atoms with van der Waals surface area (Å²) in [5, 5.41) is 7.43. The Morgan fingerprint density at radius 2 is 2.00 bits per heavy atom. The van der Waals surface area contributed by atoms with E-state index in [1.807, 2.05) is 35.0 Å². The van der Waals surface area contributed by atoms with Crippen LogP contribution in [0, 0.1) is 5.92 Å². The van der Waals surface area contributed by atoms with Crippen LogP contribution in [0.25, 0.3) is 0 Å². The molecule has 6 nitrogen and oxygen atoms in total. The van der Waals surface area contributed by atoms with Gasteiger partial charge in [0, 0.05) is 29.2 Å². The summed E-state index contributed by atoms with van der Waals surface area (Å²) in [6.07, 6.45) is 7.85. The first-order valence-electron chi connectivity index (χ1n) is 9.52. The molecule has 1 saturated heterocycles. The number of aromatic nitrogens is 2. The Bertz CT molecular complexity index is 844. The predicted molar refractivity (Wildman–Crippen MR) is 108 cm³/mol. The highest BCUT2D eigenvalue weighted by Crippen LogP contribution is 2.31. The number of carbonyl (C=O) groups is 2. The van der Waals surface area contributed by atoms with E-state index in [0.29, 0.717) is 12.6 Å². The topological polar surface area (TPSA) is 67.2 Å². The molecule has 2 fully saturated rings. The van der Waals surface area contributed by atoms with E-state index in [0.717, 1.165) is 28.8 Å². The molecule has 1 atom stereocenters. The molecule has 1 N–H and O–H groups in total. The number of hydrogen-bond donors (Lipinski definition) is 1. The number of halogens is 1. The average molecular weight is 431 g/mol. The molecule has 0 radical (unpaired) electrons. The minimum Gasteiger partial charge on any atom is -0.312 e. The van der Waals surface area contributed by atoms with Crippen LogP contribution in [0.15, 0.2) is 41.0 Å². The van der Waals surface area contributed by atoms with Crippen molar-refractivity contribution >= 4 is 39.2 Å². The normalized spacial score (nSPS) is 20.9. The Balaban J connectivity index is 1.44. The Kier molecular flexibility index (Phi) is 5.29. The van der Waals surface area contributed by atoms with E-state index in [1.54, 1.807) is 11.1 Å². The van der Waals surface area contributed by atoms with Crippen molar-refractivity contribution in [3.63, 3.8) is 0 Å². The van der Waals surface area contributed by atoms with Crippen molar-refractivity contribution < 1.29 is 9.59 Å². The van der Waals surface area contributed by atoms with Gasteiger partial charge in [-0.15, -0.1) is 0 Å². The standard InChI is InChI=1S/C20H23BrN4O2/c21-15-5-4-8-17(12-15)24-13-14(11-19(24)26)20(27)23-18-9-10-22-25(18)16-6-2-1-3-7-16/h4-5,8-10,12,14,16H,1-3,6-7,11,13H2,(H,23,27)/t14-/m1/s1. The molecule has 2 heterocycles. The highest BCUT2D eigenvalue weighted by molar-refractivity contribution is 9.10. The molecule has 4 rings (SSSR count). The maximum absolute atomic E-state index is 12.8. The molecule has 142 valence electrons. The number of benzene rings is 1. The average Bonchev–Trinajstić information content (AvgIpc) is 3.29. The molecule has 1 aliphatic heterocycles. The largest absolute Gasteiger partial charge is 0.312 e. The van der Waals surface area contributed by atoms with Crippen LogP contribution in [-0.2, 0) is 9.59 Å². The van der Waals surface area contributed by atoms with Crippen molar-refractivity contribution in [3.05, 3.63) is 41.0 Å². The zero-order chi connectivity index (χ0) is 18.8. The van der Waals surface area contributed by atoms with Gasteiger partial charge >= 0.3 is 0 Å². The summed E-state index contributed by atoms with van der Waals surface area (Å²) in [5.74, 6) is 0.249. The third-order valence-electron chi connectivity index (χ3n) is 5.46. The lowest BCUT2D eigenvalue weighted by atomic mass is 9.96. The second-order valence-corrected chi connectivity index (χ2v) is 8.24. The number of nitrogens with zero attached hydrogens (tertiary/aromatic N) is 3. The zero-order valence-electron chi connectivity index (χ0n) is 15.1. The van der Waals surface area contributed by atoms with Gasteiger partial charge in [0.25, 0.3) is 0 Å². The maximum Gasteiger partial charge on any atom is 0.230 e. The van der Waals surface area contributed by atoms with Crippen molar-refractivity contribution in [2.75, 3.05) is 16.8 Å². The molecule has 0 bridgehead atoms. The molecule has 2 amide bonds. The zero-order valence-corrected chi connectivity index (χ0v) is 16.7. The summed E-state index contributed by atoms with van der Waals surface area (Å²) in [6.45, 7) is 0.401. The SMILES string of the molecule is O=C(Nc1ccnn1C1CCCCC1)[C@@H]1CC(=O)N(c2cccc(Br)c2)C1. The number of anilines is 2. The smallest absolute Gasteiger partial charge is 0.230 e. The Morgan fingerprint density at radius 3 is 2.78 bits per heavy atom. The van der Waals surface area contributed by atoms with Crippen molar-refractivity contribution in [1.29, 1.82) is 0 Å². The van der Waals surface area contributed by atoms with Gasteiger partial charge in [0.2, 0.25) is 11.8 Å². The molecular weight excluding hydrogens is 408 g/mol. The summed E-state index contributed by atoms with van der Waals surface area (Å²) in [5.41, 5.74) is 0.817. The molecular formula is C20H23BrN4O2. The highest BCUT2D eigenvalue weighted by Gasteiger charge is 2.35. The first-order chi connectivity index (χ1) is 13.1. The van der Waals surface area contributed by atoms with Gasteiger partial charge in [0.05, 0.1) is 18.2 Å². The van der Waals surface area contributed by atoms with Gasteiger partial charge in [-0.2, -0.15) is 5.10 Å². The minimum absolute atomic E-state index is 0.0194. The first-order valence-corrected chi connectivity index (χ1v) is 10.3. The van der Waals surface area contributed by atoms with E-state index in [1.165, 1.54) is 19.3 Å². The van der Waals surface area contributed by atoms with E-state index in [2.05, 4.69) is 26.3 Å². The van der Waals surface area contributed by atoms with Crippen molar-refractivity contribution in [2.24, 2.45) is 5.92 Å². The fourth-order valence-corrected chi connectivity index (χ4v) is 4.42. The van der Waals surface area contributed by atoms with Crippen LogP contribution < -0.4 is 10.2 Å². The summed E-state index contributed by atoms with van der Waals surface area (Å²) >= 11 is 3.43. The van der Waals surface area contributed by atoms with Crippen LogP contribution in [0.1, 0.15) is 44.6 Å². The molecule has 7 heteroatoms. The summed E-state index contributed by atoms with van der Waals surface area (Å²) in [7, 11) is 0. The number of nitrogens with one attached hydrogen (secondary N) is 1. The van der Waals surface area contributed by atoms with Crippen LogP contribution in [0.2, 0.25) is 0 Å². The summed E-state index contributed by atoms with van der Waals surface area (Å²) < 4.78 is 2.86. The number of hydrogen-bond acceptors (Lipinski definition) is 3. The van der Waals surface area contributed by atoms with E-state index >= 15 is 0 Å². The van der Waals surface area contributed by atoms with Gasteiger partial charge in [0.1, 0.15) is 5.82 Å². The fraction of sp³-hybridized carbons (Fsp3) is 0.450. The molecule has 0 unspecified atom stereocenters. The van der Waals surface area contributed by atoms with Gasteiger partial charge < -0.3 is 10.2 Å². The van der Waals surface area contributed by atoms with E-state index in [9.17, 15) is 9.59 Å². The van der Waals surface area contributed by atoms with E-state index < -0.39 is 0 Å². The van der Waals surface area contributed by atoms with E-state index in [4.69, 9.17) is 0 Å². The van der Waals surface area contributed by atoms with Gasteiger partial charge in [-0.3, -0.25) is 9.59 Å². The van der Waals surface area contributed by atoms with Gasteiger partial charge in [-0.25, -0.2) is 4.68 Å². The lowest BCUT2D eigenvalue weighted by molar-refractivity contribution is -0.122. The lowest BCUT2D eigenvalue weighted by Crippen LogP contribution is -2.29. The lowest BCUT2D eigenvalue weighted by Gasteiger charge is -2.24. The van der Waals surface area contributed by atoms with Crippen molar-refractivity contribution in [2.45, 2.75) is 44.6 Å². The molecule has 1 aromatic carbocycles. The second-order valence-electron chi connectivity index (χ2n) is 7.33. The van der Waals surface area contributed by atoms with Gasteiger partial charge in [0.15, 0.2) is 0 Å². The molecule has 2 aromatic rings. The number of rotatable bonds is 4. The Hall–Kier alpha value is -2.15. The molecule has 27 heavy (non-hydrogen) atoms. The third-order valence-corrected chi connectivity index (χ3v) is 5.95. The molecule has 1 aliphatic carbocycles. The van der Waals surface area contributed by atoms with Crippen LogP contribution in [0.3, 0.4) is 0 Å². The molecule has 1 saturated carbocycles. The van der Waals surface area contributed by atoms with Crippen molar-refractivity contribution in [3.8, 4) is 0 Å². The maximum atomic E-state index is 12.8. The van der Waals surface area contributed by atoms with Gasteiger partial charge in [-0.05, 0) is 31.0 Å². The minimum atomic E-state index is -0.355. The summed E-state index contributed by atoms with van der Waals surface area (Å²) in [6, 6.07) is 9.79. The second kappa shape index (κ2) is 7.84. The Morgan fingerprint density at radius 1 is 1.19 bits per heavy atom. The van der Waals surface area contributed by atoms with Crippen LogP contribution in [-0.4, -0.2) is 28.1 Å². The molecule has 0 spiro atoms. The first kappa shape index (κ1) is 18.2. The highest BCUT2D eigenvalue weighted by atomic mass is 79.9. The molecule has 1 aromatic heterocycles. The summed E-state index contributed by atoms with van der Waals surface area (Å²) in [4.78, 5) is 26.9. The van der Waals surface area contributed by atoms with E-state index in [-0.39, 0.29) is 24.2 Å². The third kappa shape index (κ3) is 3.93. The fourth-order valence-electron chi connectivity index (χ4n) is 4.03. The number of amides is 2. The molecule has 2 aliphatic rings. The van der Waals surface area contributed by atoms with Crippen LogP contribution in [0.5, 0.6) is 0 Å². The van der Waals surface area contributed by atoms with Gasteiger partial charge in [-0.1, -0.05) is 41.3 Å².